The first-order chi connectivity index (χ1) is 17.0. The molecule has 0 atom stereocenters. The van der Waals surface area contributed by atoms with Gasteiger partial charge in [0.25, 0.3) is 5.91 Å². The van der Waals surface area contributed by atoms with E-state index in [1.165, 1.54) is 43.9 Å². The predicted molar refractivity (Wildman–Crippen MR) is 143 cm³/mol. The molecule has 7 nitrogen and oxygen atoms in total. The van der Waals surface area contributed by atoms with E-state index in [4.69, 9.17) is 4.74 Å². The number of phenolic OH excluding ortho intramolecular Hbond substituents is 1. The number of hydrogen-bond donors (Lipinski definition) is 3. The lowest BCUT2D eigenvalue weighted by Gasteiger charge is -2.20. The lowest BCUT2D eigenvalue weighted by molar-refractivity contribution is 0.0698. The van der Waals surface area contributed by atoms with Crippen molar-refractivity contribution in [1.29, 1.82) is 0 Å². The van der Waals surface area contributed by atoms with E-state index < -0.39 is 11.9 Å². The fourth-order valence-electron chi connectivity index (χ4n) is 4.27. The van der Waals surface area contributed by atoms with Crippen molar-refractivity contribution in [3.63, 3.8) is 0 Å². The summed E-state index contributed by atoms with van der Waals surface area (Å²) in [4.78, 5) is 27.2. The molecule has 1 heterocycles. The second-order valence-corrected chi connectivity index (χ2v) is 8.67. The molecular formula is C28H31ClN2O5. The van der Waals surface area contributed by atoms with E-state index >= 15 is 0 Å². The molecule has 190 valence electrons. The van der Waals surface area contributed by atoms with Crippen LogP contribution in [0.15, 0.2) is 66.7 Å². The molecule has 3 aromatic rings. The molecule has 3 aromatic carbocycles. The third-order valence-corrected chi connectivity index (χ3v) is 6.19. The lowest BCUT2D eigenvalue weighted by atomic mass is 10.0. The Morgan fingerprint density at radius 3 is 2.28 bits per heavy atom. The number of ether oxygens (including phenoxy) is 1. The van der Waals surface area contributed by atoms with Gasteiger partial charge in [0.2, 0.25) is 0 Å². The summed E-state index contributed by atoms with van der Waals surface area (Å²) < 4.78 is 5.86. The van der Waals surface area contributed by atoms with E-state index in [9.17, 15) is 19.8 Å². The maximum atomic E-state index is 13.0. The second-order valence-electron chi connectivity index (χ2n) is 8.67. The van der Waals surface area contributed by atoms with Crippen molar-refractivity contribution in [2.45, 2.75) is 25.7 Å². The summed E-state index contributed by atoms with van der Waals surface area (Å²) in [5, 5.41) is 22.6. The molecule has 1 saturated heterocycles. The number of nitrogens with one attached hydrogen (secondary N) is 1. The minimum atomic E-state index is -1.16. The molecule has 0 spiro atoms. The third-order valence-electron chi connectivity index (χ3n) is 6.19. The molecule has 0 saturated carbocycles. The van der Waals surface area contributed by atoms with Crippen LogP contribution in [0.1, 0.15) is 46.4 Å². The monoisotopic (exact) mass is 510 g/mol. The van der Waals surface area contributed by atoms with Gasteiger partial charge < -0.3 is 20.3 Å². The van der Waals surface area contributed by atoms with Gasteiger partial charge in [-0.1, -0.05) is 49.2 Å². The van der Waals surface area contributed by atoms with E-state index in [1.807, 2.05) is 30.3 Å². The van der Waals surface area contributed by atoms with Crippen LogP contribution in [-0.4, -0.2) is 53.2 Å². The van der Waals surface area contributed by atoms with Gasteiger partial charge in [-0.2, -0.15) is 0 Å². The zero-order valence-corrected chi connectivity index (χ0v) is 20.8. The molecule has 1 aliphatic rings. The molecule has 36 heavy (non-hydrogen) atoms. The number of carbonyl (C=O) groups excluding carboxylic acids is 1. The minimum absolute atomic E-state index is 0. The standard InChI is InChI=1S/C28H30N2O5.ClH/c31-26-13-11-22(35-17-16-30-14-6-1-2-7-15-30)19-24(26)27(32)29-25-18-21(10-12-23(25)28(33)34)20-8-4-3-5-9-20;/h3-5,8-13,18-19,31H,1-2,6-7,14-17H2,(H,29,32)(H,33,34);1H. The number of halogens is 1. The van der Waals surface area contributed by atoms with E-state index in [1.54, 1.807) is 18.2 Å². The molecule has 0 unspecified atom stereocenters. The molecule has 1 aliphatic heterocycles. The summed E-state index contributed by atoms with van der Waals surface area (Å²) >= 11 is 0. The number of likely N-dealkylation sites (tertiary alicyclic amines) is 1. The molecule has 0 bridgehead atoms. The van der Waals surface area contributed by atoms with Crippen molar-refractivity contribution in [1.82, 2.24) is 4.90 Å². The van der Waals surface area contributed by atoms with Crippen LogP contribution in [0.5, 0.6) is 11.5 Å². The van der Waals surface area contributed by atoms with Gasteiger partial charge in [0, 0.05) is 6.54 Å². The highest BCUT2D eigenvalue weighted by Gasteiger charge is 2.18. The van der Waals surface area contributed by atoms with Crippen LogP contribution in [0.25, 0.3) is 11.1 Å². The van der Waals surface area contributed by atoms with Crippen LogP contribution in [0.2, 0.25) is 0 Å². The molecule has 1 fully saturated rings. The summed E-state index contributed by atoms with van der Waals surface area (Å²) in [6.07, 6.45) is 4.94. The lowest BCUT2D eigenvalue weighted by Crippen LogP contribution is -2.29. The van der Waals surface area contributed by atoms with Gasteiger partial charge in [0.05, 0.1) is 16.8 Å². The zero-order chi connectivity index (χ0) is 24.6. The summed E-state index contributed by atoms with van der Waals surface area (Å²) in [5.74, 6) is -1.51. The fraction of sp³-hybridized carbons (Fsp3) is 0.286. The summed E-state index contributed by atoms with van der Waals surface area (Å²) in [6.45, 7) is 3.42. The number of phenols is 1. The number of aromatic carboxylic acids is 1. The molecular weight excluding hydrogens is 480 g/mol. The van der Waals surface area contributed by atoms with Gasteiger partial charge >= 0.3 is 5.97 Å². The average molecular weight is 511 g/mol. The Labute approximate surface area is 217 Å². The molecule has 8 heteroatoms. The van der Waals surface area contributed by atoms with Crippen LogP contribution >= 0.6 is 12.4 Å². The molecule has 4 rings (SSSR count). The molecule has 0 aromatic heterocycles. The van der Waals surface area contributed by atoms with Crippen molar-refractivity contribution < 1.29 is 24.5 Å². The first-order valence-electron chi connectivity index (χ1n) is 11.9. The number of aromatic hydroxyl groups is 1. The Kier molecular flexibility index (Phi) is 9.73. The van der Waals surface area contributed by atoms with Gasteiger partial charge in [-0.05, 0) is 67.4 Å². The fourth-order valence-corrected chi connectivity index (χ4v) is 4.27. The molecule has 1 amide bonds. The number of rotatable bonds is 8. The van der Waals surface area contributed by atoms with E-state index in [-0.39, 0.29) is 35.0 Å². The number of benzene rings is 3. The molecule has 0 aliphatic carbocycles. The van der Waals surface area contributed by atoms with Crippen LogP contribution in [0.4, 0.5) is 5.69 Å². The van der Waals surface area contributed by atoms with Gasteiger partial charge in [-0.25, -0.2) is 4.79 Å². The van der Waals surface area contributed by atoms with Crippen LogP contribution in [0.3, 0.4) is 0 Å². The highest BCUT2D eigenvalue weighted by molar-refractivity contribution is 6.09. The van der Waals surface area contributed by atoms with Gasteiger partial charge in [0.15, 0.2) is 0 Å². The Morgan fingerprint density at radius 1 is 0.861 bits per heavy atom. The number of carboxylic acid groups (broad SMARTS) is 1. The van der Waals surface area contributed by atoms with Gasteiger partial charge in [0.1, 0.15) is 18.1 Å². The van der Waals surface area contributed by atoms with Crippen molar-refractivity contribution in [2.24, 2.45) is 0 Å². The maximum absolute atomic E-state index is 13.0. The smallest absolute Gasteiger partial charge is 0.337 e. The number of carbonyl (C=O) groups is 2. The summed E-state index contributed by atoms with van der Waals surface area (Å²) in [5.41, 5.74) is 1.78. The number of amides is 1. The second kappa shape index (κ2) is 13.0. The van der Waals surface area contributed by atoms with E-state index in [0.717, 1.165) is 30.8 Å². The number of nitrogens with zero attached hydrogens (tertiary/aromatic N) is 1. The Hall–Kier alpha value is -3.55. The largest absolute Gasteiger partial charge is 0.507 e. The van der Waals surface area contributed by atoms with Crippen molar-refractivity contribution in [3.05, 3.63) is 77.9 Å². The first-order valence-corrected chi connectivity index (χ1v) is 11.9. The van der Waals surface area contributed by atoms with E-state index in [0.29, 0.717) is 12.4 Å². The van der Waals surface area contributed by atoms with Crippen molar-refractivity contribution in [2.75, 3.05) is 31.6 Å². The topological polar surface area (TPSA) is 99.1 Å². The van der Waals surface area contributed by atoms with Crippen LogP contribution < -0.4 is 10.1 Å². The van der Waals surface area contributed by atoms with Crippen molar-refractivity contribution in [3.8, 4) is 22.6 Å². The molecule has 0 radical (unpaired) electrons. The Bertz CT molecular complexity index is 1180. The quantitative estimate of drug-likeness (QED) is 0.360. The summed E-state index contributed by atoms with van der Waals surface area (Å²) in [6, 6.07) is 18.8. The van der Waals surface area contributed by atoms with Gasteiger partial charge in [-0.15, -0.1) is 12.4 Å². The molecule has 3 N–H and O–H groups in total. The minimum Gasteiger partial charge on any atom is -0.507 e. The van der Waals surface area contributed by atoms with E-state index in [2.05, 4.69) is 10.2 Å². The predicted octanol–water partition coefficient (Wildman–Crippen LogP) is 5.69. The van der Waals surface area contributed by atoms with Crippen LogP contribution in [0, 0.1) is 0 Å². The highest BCUT2D eigenvalue weighted by atomic mass is 35.5. The number of carboxylic acids is 1. The zero-order valence-electron chi connectivity index (χ0n) is 20.0. The van der Waals surface area contributed by atoms with Crippen LogP contribution in [-0.2, 0) is 0 Å². The normalized spacial score (nSPS) is 13.8. The van der Waals surface area contributed by atoms with Gasteiger partial charge in [-0.3, -0.25) is 9.69 Å². The Balaban J connectivity index is 0.00000361. The number of anilines is 1. The Morgan fingerprint density at radius 2 is 1.58 bits per heavy atom. The maximum Gasteiger partial charge on any atom is 0.337 e. The highest BCUT2D eigenvalue weighted by Crippen LogP contribution is 2.28. The third kappa shape index (κ3) is 6.99. The number of hydrogen-bond acceptors (Lipinski definition) is 5. The average Bonchev–Trinajstić information content (AvgIpc) is 3.14. The first kappa shape index (κ1) is 27.0. The summed E-state index contributed by atoms with van der Waals surface area (Å²) in [7, 11) is 0. The van der Waals surface area contributed by atoms with Crippen molar-refractivity contribution >= 4 is 30.0 Å². The SMILES string of the molecule is Cl.O=C(Nc1cc(-c2ccccc2)ccc1C(=O)O)c1cc(OCCN2CCCCCC2)ccc1O.